The zero-order chi connectivity index (χ0) is 15.2. The summed E-state index contributed by atoms with van der Waals surface area (Å²) in [6, 6.07) is 14.8. The number of pyridine rings is 1. The number of carbonyl (C=O) groups is 1. The summed E-state index contributed by atoms with van der Waals surface area (Å²) in [5.41, 5.74) is 1.43. The van der Waals surface area contributed by atoms with Gasteiger partial charge in [0.2, 0.25) is 0 Å². The minimum absolute atomic E-state index is 0.0300. The van der Waals surface area contributed by atoms with Crippen molar-refractivity contribution in [1.29, 1.82) is 0 Å². The van der Waals surface area contributed by atoms with Crippen molar-refractivity contribution in [2.45, 2.75) is 6.04 Å². The lowest BCUT2D eigenvalue weighted by molar-refractivity contribution is 0.0689. The third-order valence-corrected chi connectivity index (χ3v) is 3.56. The van der Waals surface area contributed by atoms with Crippen LogP contribution in [0.2, 0.25) is 0 Å². The van der Waals surface area contributed by atoms with Gasteiger partial charge in [0, 0.05) is 31.4 Å². The Morgan fingerprint density at radius 3 is 2.77 bits per heavy atom. The minimum Gasteiger partial charge on any atom is -0.322 e. The zero-order valence-corrected chi connectivity index (χ0v) is 12.2. The third-order valence-electron chi connectivity index (χ3n) is 3.56. The molecule has 1 atom stereocenters. The molecule has 4 nitrogen and oxygen atoms in total. The van der Waals surface area contributed by atoms with Crippen LogP contribution in [0.25, 0.3) is 0 Å². The van der Waals surface area contributed by atoms with E-state index in [1.807, 2.05) is 53.4 Å². The summed E-state index contributed by atoms with van der Waals surface area (Å²) >= 11 is 0. The first-order chi connectivity index (χ1) is 10.8. The van der Waals surface area contributed by atoms with Crippen molar-refractivity contribution in [1.82, 2.24) is 15.2 Å². The normalized spacial score (nSPS) is 17.5. The van der Waals surface area contributed by atoms with Gasteiger partial charge in [-0.3, -0.25) is 4.79 Å². The van der Waals surface area contributed by atoms with Gasteiger partial charge in [0.05, 0.1) is 0 Å². The molecule has 0 saturated carbocycles. The van der Waals surface area contributed by atoms with Crippen LogP contribution in [0.15, 0.2) is 54.7 Å². The Labute approximate surface area is 130 Å². The van der Waals surface area contributed by atoms with Crippen molar-refractivity contribution in [3.05, 3.63) is 66.0 Å². The van der Waals surface area contributed by atoms with E-state index in [2.05, 4.69) is 22.1 Å². The number of benzene rings is 1. The monoisotopic (exact) mass is 291 g/mol. The summed E-state index contributed by atoms with van der Waals surface area (Å²) in [6.45, 7) is 2.13. The number of aromatic nitrogens is 1. The molecule has 22 heavy (non-hydrogen) atoms. The maximum Gasteiger partial charge on any atom is 0.254 e. The second-order valence-corrected chi connectivity index (χ2v) is 5.07. The van der Waals surface area contributed by atoms with E-state index in [1.54, 1.807) is 6.20 Å². The quantitative estimate of drug-likeness (QED) is 0.811. The molecular weight excluding hydrogens is 274 g/mol. The first kappa shape index (κ1) is 14.3. The Kier molecular flexibility index (Phi) is 4.47. The summed E-state index contributed by atoms with van der Waals surface area (Å²) in [6.07, 6.45) is 1.72. The fourth-order valence-corrected chi connectivity index (χ4v) is 2.42. The molecule has 0 spiro atoms. The molecule has 0 bridgehead atoms. The predicted octanol–water partition coefficient (Wildman–Crippen LogP) is 1.55. The molecule has 1 aromatic heterocycles. The molecule has 110 valence electrons. The van der Waals surface area contributed by atoms with Crippen molar-refractivity contribution in [3.63, 3.8) is 0 Å². The van der Waals surface area contributed by atoms with Crippen molar-refractivity contribution in [2.75, 3.05) is 19.6 Å². The van der Waals surface area contributed by atoms with Crippen molar-refractivity contribution < 1.29 is 4.79 Å². The van der Waals surface area contributed by atoms with Gasteiger partial charge < -0.3 is 10.2 Å². The molecule has 2 heterocycles. The topological polar surface area (TPSA) is 45.2 Å². The van der Waals surface area contributed by atoms with Gasteiger partial charge in [-0.15, -0.1) is 0 Å². The first-order valence-corrected chi connectivity index (χ1v) is 7.34. The molecule has 1 aliphatic heterocycles. The predicted molar refractivity (Wildman–Crippen MR) is 85.3 cm³/mol. The van der Waals surface area contributed by atoms with E-state index in [9.17, 15) is 4.79 Å². The summed E-state index contributed by atoms with van der Waals surface area (Å²) in [5, 5.41) is 3.29. The Hall–Kier alpha value is -2.64. The van der Waals surface area contributed by atoms with Gasteiger partial charge in [0.25, 0.3) is 5.91 Å². The highest BCUT2D eigenvalue weighted by Crippen LogP contribution is 2.10. The van der Waals surface area contributed by atoms with Gasteiger partial charge in [0.15, 0.2) is 0 Å². The molecule has 3 rings (SSSR count). The molecule has 4 heteroatoms. The van der Waals surface area contributed by atoms with Gasteiger partial charge in [-0.25, -0.2) is 4.98 Å². The summed E-state index contributed by atoms with van der Waals surface area (Å²) in [4.78, 5) is 18.7. The van der Waals surface area contributed by atoms with Crippen LogP contribution in [0.1, 0.15) is 16.1 Å². The van der Waals surface area contributed by atoms with Gasteiger partial charge in [-0.1, -0.05) is 30.2 Å². The number of piperazine rings is 1. The second kappa shape index (κ2) is 6.88. The van der Waals surface area contributed by atoms with E-state index in [0.29, 0.717) is 18.7 Å². The van der Waals surface area contributed by atoms with Crippen LogP contribution in [0, 0.1) is 11.8 Å². The minimum atomic E-state index is -0.136. The number of nitrogens with one attached hydrogen (secondary N) is 1. The second-order valence-electron chi connectivity index (χ2n) is 5.07. The van der Waals surface area contributed by atoms with Crippen molar-refractivity contribution in [2.24, 2.45) is 0 Å². The standard InChI is InChI=1S/C18H17N3O/c22-18(15-6-2-1-3-7-15)21-13-12-19-14-17(21)10-9-16-8-4-5-11-20-16/h1-8,11,17,19H,12-14H2. The Balaban J connectivity index is 1.80. The molecule has 1 aliphatic rings. The number of hydrogen-bond acceptors (Lipinski definition) is 3. The average molecular weight is 291 g/mol. The molecule has 0 radical (unpaired) electrons. The average Bonchev–Trinajstić information content (AvgIpc) is 2.61. The fraction of sp³-hybridized carbons (Fsp3) is 0.222. The summed E-state index contributed by atoms with van der Waals surface area (Å²) < 4.78 is 0. The summed E-state index contributed by atoms with van der Waals surface area (Å²) in [5.74, 6) is 6.25. The van der Waals surface area contributed by atoms with Crippen molar-refractivity contribution in [3.8, 4) is 11.8 Å². The van der Waals surface area contributed by atoms with Gasteiger partial charge in [0.1, 0.15) is 11.7 Å². The van der Waals surface area contributed by atoms with Crippen LogP contribution in [0.5, 0.6) is 0 Å². The highest BCUT2D eigenvalue weighted by atomic mass is 16.2. The van der Waals surface area contributed by atoms with E-state index in [0.717, 1.165) is 12.2 Å². The Morgan fingerprint density at radius 1 is 1.18 bits per heavy atom. The molecule has 1 fully saturated rings. The van der Waals surface area contributed by atoms with E-state index in [-0.39, 0.29) is 11.9 Å². The number of carbonyl (C=O) groups excluding carboxylic acids is 1. The number of amides is 1. The number of nitrogens with zero attached hydrogens (tertiary/aromatic N) is 2. The molecule has 1 unspecified atom stereocenters. The smallest absolute Gasteiger partial charge is 0.254 e. The highest BCUT2D eigenvalue weighted by Gasteiger charge is 2.25. The van der Waals surface area contributed by atoms with Crippen LogP contribution in [0.4, 0.5) is 0 Å². The maximum absolute atomic E-state index is 12.6. The molecule has 1 N–H and O–H groups in total. The molecule has 2 aromatic rings. The molecule has 0 aliphatic carbocycles. The lowest BCUT2D eigenvalue weighted by Gasteiger charge is -2.33. The van der Waals surface area contributed by atoms with Crippen molar-refractivity contribution >= 4 is 5.91 Å². The van der Waals surface area contributed by atoms with E-state index in [1.165, 1.54) is 0 Å². The first-order valence-electron chi connectivity index (χ1n) is 7.34. The highest BCUT2D eigenvalue weighted by molar-refractivity contribution is 5.94. The zero-order valence-electron chi connectivity index (χ0n) is 12.2. The SMILES string of the molecule is O=C(c1ccccc1)N1CCNCC1C#Cc1ccccn1. The number of rotatable bonds is 1. The van der Waals surface area contributed by atoms with E-state index < -0.39 is 0 Å². The maximum atomic E-state index is 12.6. The largest absolute Gasteiger partial charge is 0.322 e. The van der Waals surface area contributed by atoms with E-state index in [4.69, 9.17) is 0 Å². The van der Waals surface area contributed by atoms with Crippen LogP contribution < -0.4 is 5.32 Å². The lowest BCUT2D eigenvalue weighted by atomic mass is 10.1. The van der Waals surface area contributed by atoms with Gasteiger partial charge >= 0.3 is 0 Å². The molecule has 1 aromatic carbocycles. The van der Waals surface area contributed by atoms with Crippen LogP contribution in [-0.2, 0) is 0 Å². The molecule has 1 amide bonds. The summed E-state index contributed by atoms with van der Waals surface area (Å²) in [7, 11) is 0. The number of hydrogen-bond donors (Lipinski definition) is 1. The van der Waals surface area contributed by atoms with E-state index >= 15 is 0 Å². The van der Waals surface area contributed by atoms with Crippen LogP contribution in [0.3, 0.4) is 0 Å². The fourth-order valence-electron chi connectivity index (χ4n) is 2.42. The molecule has 1 saturated heterocycles. The molecular formula is C18H17N3O. The van der Waals surface area contributed by atoms with Gasteiger partial charge in [-0.05, 0) is 30.2 Å². The van der Waals surface area contributed by atoms with Crippen LogP contribution in [-0.4, -0.2) is 41.5 Å². The lowest BCUT2D eigenvalue weighted by Crippen LogP contribution is -2.53. The Morgan fingerprint density at radius 2 is 2.00 bits per heavy atom. The third kappa shape index (κ3) is 3.33. The Bertz CT molecular complexity index is 689. The van der Waals surface area contributed by atoms with Crippen LogP contribution >= 0.6 is 0 Å². The van der Waals surface area contributed by atoms with Gasteiger partial charge in [-0.2, -0.15) is 0 Å².